The van der Waals surface area contributed by atoms with Crippen molar-refractivity contribution in [2.75, 3.05) is 6.61 Å². The summed E-state index contributed by atoms with van der Waals surface area (Å²) in [5.41, 5.74) is 5.70. The third-order valence-corrected chi connectivity index (χ3v) is 3.78. The molecule has 0 unspecified atom stereocenters. The Hall–Kier alpha value is -3.22. The van der Waals surface area contributed by atoms with Gasteiger partial charge in [-0.25, -0.2) is 0 Å². The van der Waals surface area contributed by atoms with Crippen LogP contribution in [-0.4, -0.2) is 30.6 Å². The van der Waals surface area contributed by atoms with Gasteiger partial charge in [0.05, 0.1) is 0 Å². The Morgan fingerprint density at radius 2 is 1.88 bits per heavy atom. The van der Waals surface area contributed by atoms with Gasteiger partial charge in [0.1, 0.15) is 12.4 Å². The molecular weight excluding hydrogens is 336 g/mol. The van der Waals surface area contributed by atoms with Crippen LogP contribution in [0.5, 0.6) is 17.2 Å². The molecular formula is C19H20N2O5. The lowest BCUT2D eigenvalue weighted by molar-refractivity contribution is -0.137. The maximum Gasteiger partial charge on any atom is 0.283 e. The monoisotopic (exact) mass is 356 g/mol. The van der Waals surface area contributed by atoms with E-state index in [1.54, 1.807) is 31.2 Å². The van der Waals surface area contributed by atoms with Crippen LogP contribution in [-0.2, 0) is 9.59 Å². The van der Waals surface area contributed by atoms with Crippen LogP contribution in [0.1, 0.15) is 12.5 Å². The van der Waals surface area contributed by atoms with E-state index in [1.807, 2.05) is 31.2 Å². The van der Waals surface area contributed by atoms with E-state index in [0.29, 0.717) is 17.2 Å². The summed E-state index contributed by atoms with van der Waals surface area (Å²) < 4.78 is 16.6. The summed E-state index contributed by atoms with van der Waals surface area (Å²) in [6.07, 6.45) is -1.63. The molecule has 26 heavy (non-hydrogen) atoms. The van der Waals surface area contributed by atoms with E-state index in [4.69, 9.17) is 14.2 Å². The highest BCUT2D eigenvalue weighted by Crippen LogP contribution is 2.30. The zero-order valence-electron chi connectivity index (χ0n) is 14.5. The van der Waals surface area contributed by atoms with Gasteiger partial charge in [-0.05, 0) is 43.7 Å². The van der Waals surface area contributed by atoms with Crippen LogP contribution in [0.25, 0.3) is 0 Å². The Kier molecular flexibility index (Phi) is 5.26. The number of aryl methyl sites for hydroxylation is 1. The van der Waals surface area contributed by atoms with Gasteiger partial charge in [0.25, 0.3) is 11.8 Å². The Balaban J connectivity index is 1.49. The highest BCUT2D eigenvalue weighted by atomic mass is 16.6. The SMILES string of the molecule is Cc1cccc(O[C@@H](C)C(=O)NNC(=O)[C@H]2COc3ccccc3O2)c1. The lowest BCUT2D eigenvalue weighted by Crippen LogP contribution is -2.53. The average Bonchev–Trinajstić information content (AvgIpc) is 2.65. The van der Waals surface area contributed by atoms with E-state index >= 15 is 0 Å². The van der Waals surface area contributed by atoms with Crippen molar-refractivity contribution in [3.05, 3.63) is 54.1 Å². The van der Waals surface area contributed by atoms with E-state index in [9.17, 15) is 9.59 Å². The summed E-state index contributed by atoms with van der Waals surface area (Å²) in [6.45, 7) is 3.59. The topological polar surface area (TPSA) is 85.9 Å². The van der Waals surface area contributed by atoms with Crippen molar-refractivity contribution in [3.63, 3.8) is 0 Å². The van der Waals surface area contributed by atoms with E-state index < -0.39 is 24.0 Å². The zero-order valence-corrected chi connectivity index (χ0v) is 14.5. The van der Waals surface area contributed by atoms with Crippen molar-refractivity contribution in [2.45, 2.75) is 26.1 Å². The van der Waals surface area contributed by atoms with Crippen molar-refractivity contribution in [1.29, 1.82) is 0 Å². The number of ether oxygens (including phenoxy) is 3. The first-order chi connectivity index (χ1) is 12.5. The lowest BCUT2D eigenvalue weighted by Gasteiger charge is -2.25. The molecule has 2 amide bonds. The van der Waals surface area contributed by atoms with Gasteiger partial charge < -0.3 is 14.2 Å². The third-order valence-electron chi connectivity index (χ3n) is 3.78. The van der Waals surface area contributed by atoms with Crippen molar-refractivity contribution >= 4 is 11.8 Å². The maximum absolute atomic E-state index is 12.2. The molecule has 2 aromatic carbocycles. The Morgan fingerprint density at radius 1 is 1.12 bits per heavy atom. The van der Waals surface area contributed by atoms with Gasteiger partial charge >= 0.3 is 0 Å². The van der Waals surface area contributed by atoms with E-state index in [1.165, 1.54) is 0 Å². The fourth-order valence-electron chi connectivity index (χ4n) is 2.40. The first kappa shape index (κ1) is 17.6. The number of rotatable bonds is 4. The lowest BCUT2D eigenvalue weighted by atomic mass is 10.2. The summed E-state index contributed by atoms with van der Waals surface area (Å²) in [6, 6.07) is 14.4. The molecule has 0 saturated carbocycles. The second-order valence-corrected chi connectivity index (χ2v) is 5.92. The van der Waals surface area contributed by atoms with Gasteiger partial charge in [-0.3, -0.25) is 20.4 Å². The van der Waals surface area contributed by atoms with Gasteiger partial charge in [-0.1, -0.05) is 24.3 Å². The number of carbonyl (C=O) groups excluding carboxylic acids is 2. The minimum absolute atomic E-state index is 0.0636. The van der Waals surface area contributed by atoms with Gasteiger partial charge in [0.15, 0.2) is 17.6 Å². The van der Waals surface area contributed by atoms with Crippen LogP contribution < -0.4 is 25.1 Å². The second-order valence-electron chi connectivity index (χ2n) is 5.92. The number of benzene rings is 2. The van der Waals surface area contributed by atoms with Crippen LogP contribution in [0.15, 0.2) is 48.5 Å². The first-order valence-electron chi connectivity index (χ1n) is 8.24. The molecule has 2 aromatic rings. The number of fused-ring (bicyclic) bond motifs is 1. The molecule has 0 aromatic heterocycles. The minimum atomic E-state index is -0.849. The van der Waals surface area contributed by atoms with E-state index in [2.05, 4.69) is 10.9 Å². The molecule has 1 heterocycles. The number of hydrogen-bond acceptors (Lipinski definition) is 5. The van der Waals surface area contributed by atoms with Crippen LogP contribution in [0, 0.1) is 6.92 Å². The zero-order chi connectivity index (χ0) is 18.5. The molecule has 0 fully saturated rings. The molecule has 0 saturated heterocycles. The van der Waals surface area contributed by atoms with Gasteiger partial charge in [0, 0.05) is 0 Å². The summed E-state index contributed by atoms with van der Waals surface area (Å²) in [5, 5.41) is 0. The van der Waals surface area contributed by atoms with Crippen LogP contribution >= 0.6 is 0 Å². The number of carbonyl (C=O) groups is 2. The Bertz CT molecular complexity index is 808. The quantitative estimate of drug-likeness (QED) is 0.815. The molecule has 2 atom stereocenters. The molecule has 1 aliphatic rings. The van der Waals surface area contributed by atoms with Crippen molar-refractivity contribution in [3.8, 4) is 17.2 Å². The molecule has 0 aliphatic carbocycles. The largest absolute Gasteiger partial charge is 0.485 e. The molecule has 7 nitrogen and oxygen atoms in total. The van der Waals surface area contributed by atoms with E-state index in [-0.39, 0.29) is 6.61 Å². The Morgan fingerprint density at radius 3 is 2.65 bits per heavy atom. The van der Waals surface area contributed by atoms with Gasteiger partial charge in [-0.2, -0.15) is 0 Å². The van der Waals surface area contributed by atoms with Crippen LogP contribution in [0.4, 0.5) is 0 Å². The molecule has 3 rings (SSSR count). The average molecular weight is 356 g/mol. The van der Waals surface area contributed by atoms with Crippen molar-refractivity contribution in [1.82, 2.24) is 10.9 Å². The summed E-state index contributed by atoms with van der Waals surface area (Å²) in [7, 11) is 0. The number of amides is 2. The summed E-state index contributed by atoms with van der Waals surface area (Å²) in [4.78, 5) is 24.3. The molecule has 0 radical (unpaired) electrons. The summed E-state index contributed by atoms with van der Waals surface area (Å²) >= 11 is 0. The third kappa shape index (κ3) is 4.24. The van der Waals surface area contributed by atoms with Gasteiger partial charge in [-0.15, -0.1) is 0 Å². The number of hydrazine groups is 1. The fourth-order valence-corrected chi connectivity index (χ4v) is 2.40. The standard InChI is InChI=1S/C19H20N2O5/c1-12-6-5-7-14(10-12)25-13(2)18(22)20-21-19(23)17-11-24-15-8-3-4-9-16(15)26-17/h3-10,13,17H,11H2,1-2H3,(H,20,22)(H,21,23)/t13-,17+/m0/s1. The van der Waals surface area contributed by atoms with Crippen molar-refractivity contribution in [2.24, 2.45) is 0 Å². The molecule has 1 aliphatic heterocycles. The smallest absolute Gasteiger partial charge is 0.283 e. The first-order valence-corrected chi connectivity index (χ1v) is 8.24. The normalized spacial score (nSPS) is 16.3. The molecule has 0 bridgehead atoms. The number of nitrogens with one attached hydrogen (secondary N) is 2. The number of hydrogen-bond donors (Lipinski definition) is 2. The number of para-hydroxylation sites is 2. The Labute approximate surface area is 151 Å². The second kappa shape index (κ2) is 7.77. The molecule has 0 spiro atoms. The van der Waals surface area contributed by atoms with E-state index in [0.717, 1.165) is 5.56 Å². The van der Waals surface area contributed by atoms with Gasteiger partial charge in [0.2, 0.25) is 6.10 Å². The highest BCUT2D eigenvalue weighted by molar-refractivity contribution is 5.86. The predicted octanol–water partition coefficient (Wildman–Crippen LogP) is 1.75. The summed E-state index contributed by atoms with van der Waals surface area (Å²) in [5.74, 6) is 0.675. The van der Waals surface area contributed by atoms with Crippen LogP contribution in [0.2, 0.25) is 0 Å². The van der Waals surface area contributed by atoms with Crippen molar-refractivity contribution < 1.29 is 23.8 Å². The predicted molar refractivity (Wildman–Crippen MR) is 93.9 cm³/mol. The maximum atomic E-state index is 12.2. The fraction of sp³-hybridized carbons (Fsp3) is 0.263. The molecule has 7 heteroatoms. The molecule has 136 valence electrons. The highest BCUT2D eigenvalue weighted by Gasteiger charge is 2.28. The van der Waals surface area contributed by atoms with Crippen LogP contribution in [0.3, 0.4) is 0 Å². The molecule has 2 N–H and O–H groups in total. The minimum Gasteiger partial charge on any atom is -0.485 e.